The maximum atomic E-state index is 3.97. The summed E-state index contributed by atoms with van der Waals surface area (Å²) in [6, 6.07) is 0. The summed E-state index contributed by atoms with van der Waals surface area (Å²) in [5.41, 5.74) is 0. The Morgan fingerprint density at radius 3 is 1.63 bits per heavy atom. The summed E-state index contributed by atoms with van der Waals surface area (Å²) in [6.45, 7) is 8.59. The topological polar surface area (TPSA) is 0 Å². The molecule has 0 spiro atoms. The Bertz CT molecular complexity index is 150. The highest BCUT2D eigenvalue weighted by molar-refractivity contribution is 4.60. The molecule has 0 saturated carbocycles. The van der Waals surface area contributed by atoms with Crippen molar-refractivity contribution in [1.82, 2.24) is 0 Å². The summed E-state index contributed by atoms with van der Waals surface area (Å²) < 4.78 is 0. The van der Waals surface area contributed by atoms with Crippen molar-refractivity contribution in [3.05, 3.63) is 6.92 Å². The lowest BCUT2D eigenvalue weighted by atomic mass is 9.91. The molecule has 1 atom stereocenters. The van der Waals surface area contributed by atoms with Gasteiger partial charge in [-0.3, -0.25) is 0 Å². The standard InChI is InChI=1S/C19H39/c1-4-7-9-10-11-12-13-14-15-18-19(16-6-3)17-8-5-2/h19H,2,4-18H2,1,3H3. The van der Waals surface area contributed by atoms with Gasteiger partial charge in [0.05, 0.1) is 0 Å². The summed E-state index contributed by atoms with van der Waals surface area (Å²) >= 11 is 0. The zero-order chi connectivity index (χ0) is 14.2. The highest BCUT2D eigenvalue weighted by atomic mass is 14.1. The maximum absolute atomic E-state index is 3.97. The van der Waals surface area contributed by atoms with Crippen LogP contribution in [0.2, 0.25) is 0 Å². The van der Waals surface area contributed by atoms with E-state index >= 15 is 0 Å². The molecule has 0 aliphatic carbocycles. The van der Waals surface area contributed by atoms with E-state index in [-0.39, 0.29) is 0 Å². The lowest BCUT2D eigenvalue weighted by Gasteiger charge is -2.15. The van der Waals surface area contributed by atoms with Crippen LogP contribution in [-0.2, 0) is 0 Å². The van der Waals surface area contributed by atoms with Crippen LogP contribution in [0.5, 0.6) is 0 Å². The molecular formula is C19H39. The minimum Gasteiger partial charge on any atom is -0.0654 e. The van der Waals surface area contributed by atoms with Gasteiger partial charge in [0.15, 0.2) is 0 Å². The second-order valence-corrected chi connectivity index (χ2v) is 6.27. The molecule has 0 aromatic heterocycles. The van der Waals surface area contributed by atoms with Crippen LogP contribution in [0.4, 0.5) is 0 Å². The molecule has 0 aromatic carbocycles. The van der Waals surface area contributed by atoms with Gasteiger partial charge < -0.3 is 0 Å². The molecule has 0 fully saturated rings. The van der Waals surface area contributed by atoms with Crippen LogP contribution in [-0.4, -0.2) is 0 Å². The molecule has 0 rings (SSSR count). The van der Waals surface area contributed by atoms with E-state index in [9.17, 15) is 0 Å². The number of hydrogen-bond acceptors (Lipinski definition) is 0. The van der Waals surface area contributed by atoms with Crippen LogP contribution in [0.3, 0.4) is 0 Å². The fourth-order valence-corrected chi connectivity index (χ4v) is 3.02. The Hall–Kier alpha value is 0. The molecule has 0 N–H and O–H groups in total. The van der Waals surface area contributed by atoms with E-state index in [0.29, 0.717) is 0 Å². The smallest absolute Gasteiger partial charge is 0.0414 e. The molecule has 0 heterocycles. The normalized spacial score (nSPS) is 12.8. The summed E-state index contributed by atoms with van der Waals surface area (Å²) in [5.74, 6) is 0.997. The monoisotopic (exact) mass is 267 g/mol. The lowest BCUT2D eigenvalue weighted by molar-refractivity contribution is 0.385. The van der Waals surface area contributed by atoms with E-state index in [4.69, 9.17) is 0 Å². The van der Waals surface area contributed by atoms with Crippen molar-refractivity contribution < 1.29 is 0 Å². The highest BCUT2D eigenvalue weighted by Crippen LogP contribution is 2.22. The minimum atomic E-state index is 0.997. The van der Waals surface area contributed by atoms with Gasteiger partial charge in [-0.15, -0.1) is 0 Å². The molecular weight excluding hydrogens is 228 g/mol. The van der Waals surface area contributed by atoms with Gasteiger partial charge in [0.25, 0.3) is 0 Å². The molecule has 0 saturated heterocycles. The Morgan fingerprint density at radius 2 is 1.11 bits per heavy atom. The molecule has 0 aliphatic rings. The second-order valence-electron chi connectivity index (χ2n) is 6.27. The van der Waals surface area contributed by atoms with Crippen molar-refractivity contribution >= 4 is 0 Å². The highest BCUT2D eigenvalue weighted by Gasteiger charge is 2.06. The van der Waals surface area contributed by atoms with Crippen molar-refractivity contribution in [3.63, 3.8) is 0 Å². The first kappa shape index (κ1) is 19.0. The zero-order valence-electron chi connectivity index (χ0n) is 13.9. The number of unbranched alkanes of at least 4 members (excludes halogenated alkanes) is 9. The Labute approximate surface area is 123 Å². The molecule has 0 heteroatoms. The van der Waals surface area contributed by atoms with Crippen LogP contribution < -0.4 is 0 Å². The molecule has 0 amide bonds. The van der Waals surface area contributed by atoms with Crippen LogP contribution in [0.1, 0.15) is 110 Å². The van der Waals surface area contributed by atoms with Gasteiger partial charge in [-0.25, -0.2) is 0 Å². The fourth-order valence-electron chi connectivity index (χ4n) is 3.02. The summed E-state index contributed by atoms with van der Waals surface area (Å²) in [4.78, 5) is 0. The van der Waals surface area contributed by atoms with Gasteiger partial charge in [0.1, 0.15) is 0 Å². The molecule has 0 aromatic rings. The third-order valence-electron chi connectivity index (χ3n) is 4.28. The molecule has 1 unspecified atom stereocenters. The van der Waals surface area contributed by atoms with Crippen LogP contribution >= 0.6 is 0 Å². The van der Waals surface area contributed by atoms with E-state index in [1.165, 1.54) is 89.9 Å². The van der Waals surface area contributed by atoms with E-state index in [0.717, 1.165) is 12.3 Å². The van der Waals surface area contributed by atoms with Gasteiger partial charge >= 0.3 is 0 Å². The van der Waals surface area contributed by atoms with Crippen LogP contribution in [0.15, 0.2) is 0 Å². The van der Waals surface area contributed by atoms with Gasteiger partial charge in [-0.1, -0.05) is 117 Å². The lowest BCUT2D eigenvalue weighted by Crippen LogP contribution is -2.00. The third kappa shape index (κ3) is 14.2. The predicted octanol–water partition coefficient (Wildman–Crippen LogP) is 7.33. The van der Waals surface area contributed by atoms with Gasteiger partial charge in [-0.2, -0.15) is 0 Å². The average Bonchev–Trinajstić information content (AvgIpc) is 2.42. The average molecular weight is 268 g/mol. The van der Waals surface area contributed by atoms with Crippen molar-refractivity contribution in [2.24, 2.45) is 5.92 Å². The Kier molecular flexibility index (Phi) is 16.1. The van der Waals surface area contributed by atoms with Crippen molar-refractivity contribution in [1.29, 1.82) is 0 Å². The molecule has 0 bridgehead atoms. The van der Waals surface area contributed by atoms with E-state index in [2.05, 4.69) is 20.8 Å². The van der Waals surface area contributed by atoms with Gasteiger partial charge in [-0.05, 0) is 5.92 Å². The number of rotatable bonds is 15. The molecule has 0 nitrogen and oxygen atoms in total. The summed E-state index contributed by atoms with van der Waals surface area (Å²) in [7, 11) is 0. The first-order valence-corrected chi connectivity index (χ1v) is 9.14. The quantitative estimate of drug-likeness (QED) is 0.272. The summed E-state index contributed by atoms with van der Waals surface area (Å²) in [6.07, 6.45) is 21.2. The van der Waals surface area contributed by atoms with E-state index in [1.807, 2.05) is 0 Å². The SMILES string of the molecule is [CH2]CCCC(CCC)CCCCCCCCCCC. The fraction of sp³-hybridized carbons (Fsp3) is 0.947. The molecule has 19 heavy (non-hydrogen) atoms. The Balaban J connectivity index is 3.29. The minimum absolute atomic E-state index is 0.997. The van der Waals surface area contributed by atoms with E-state index in [1.54, 1.807) is 0 Å². The van der Waals surface area contributed by atoms with Gasteiger partial charge in [0, 0.05) is 0 Å². The van der Waals surface area contributed by atoms with Crippen molar-refractivity contribution in [2.45, 2.75) is 110 Å². The largest absolute Gasteiger partial charge is 0.0654 e. The van der Waals surface area contributed by atoms with Crippen LogP contribution in [0.25, 0.3) is 0 Å². The molecule has 1 radical (unpaired) electrons. The van der Waals surface area contributed by atoms with E-state index < -0.39 is 0 Å². The first-order chi connectivity index (χ1) is 9.35. The second kappa shape index (κ2) is 16.1. The van der Waals surface area contributed by atoms with Crippen LogP contribution in [0, 0.1) is 12.8 Å². The molecule has 0 aliphatic heterocycles. The molecule has 115 valence electrons. The Morgan fingerprint density at radius 1 is 0.579 bits per heavy atom. The summed E-state index contributed by atoms with van der Waals surface area (Å²) in [5, 5.41) is 0. The van der Waals surface area contributed by atoms with Crippen molar-refractivity contribution in [3.8, 4) is 0 Å². The zero-order valence-corrected chi connectivity index (χ0v) is 13.9. The predicted molar refractivity (Wildman–Crippen MR) is 89.5 cm³/mol. The number of hydrogen-bond donors (Lipinski definition) is 0. The third-order valence-corrected chi connectivity index (χ3v) is 4.28. The maximum Gasteiger partial charge on any atom is -0.0414 e. The van der Waals surface area contributed by atoms with Gasteiger partial charge in [0.2, 0.25) is 0 Å². The first-order valence-electron chi connectivity index (χ1n) is 9.14. The van der Waals surface area contributed by atoms with Crippen molar-refractivity contribution in [2.75, 3.05) is 0 Å².